The molecule has 2 fully saturated rings. The summed E-state index contributed by atoms with van der Waals surface area (Å²) in [6, 6.07) is 11.4. The van der Waals surface area contributed by atoms with Gasteiger partial charge < -0.3 is 20.8 Å². The van der Waals surface area contributed by atoms with Gasteiger partial charge in [0, 0.05) is 11.4 Å². The molecular formula is C30H38Cl2N4O2. The van der Waals surface area contributed by atoms with Gasteiger partial charge in [0.25, 0.3) is 0 Å². The van der Waals surface area contributed by atoms with Crippen LogP contribution in [0.25, 0.3) is 0 Å². The summed E-state index contributed by atoms with van der Waals surface area (Å²) in [7, 11) is 0. The number of benzene rings is 2. The van der Waals surface area contributed by atoms with E-state index in [-0.39, 0.29) is 12.1 Å². The summed E-state index contributed by atoms with van der Waals surface area (Å²) in [5, 5.41) is 46.5. The van der Waals surface area contributed by atoms with Gasteiger partial charge in [-0.3, -0.25) is 0 Å². The summed E-state index contributed by atoms with van der Waals surface area (Å²) in [5.41, 5.74) is 3.12. The number of anilines is 2. The lowest BCUT2D eigenvalue weighted by Crippen LogP contribution is -2.46. The van der Waals surface area contributed by atoms with Crippen LogP contribution in [-0.4, -0.2) is 33.5 Å². The van der Waals surface area contributed by atoms with Crippen molar-refractivity contribution in [2.45, 2.75) is 102 Å². The topological polar surface area (TPSA) is 112 Å². The number of hydrogen-bond acceptors (Lipinski definition) is 6. The van der Waals surface area contributed by atoms with Gasteiger partial charge in [-0.15, -0.1) is 0 Å². The van der Waals surface area contributed by atoms with E-state index in [1.165, 1.54) is 0 Å². The van der Waals surface area contributed by atoms with Crippen LogP contribution in [0.15, 0.2) is 24.3 Å². The van der Waals surface area contributed by atoms with Crippen LogP contribution in [0.5, 0.6) is 0 Å². The molecule has 2 aliphatic rings. The lowest BCUT2D eigenvalue weighted by Gasteiger charge is -2.38. The Hall–Kier alpha value is -2.48. The molecule has 0 amide bonds. The summed E-state index contributed by atoms with van der Waals surface area (Å²) < 4.78 is 0. The minimum absolute atomic E-state index is 0.0314. The zero-order chi connectivity index (χ0) is 28.1. The zero-order valence-electron chi connectivity index (χ0n) is 22.7. The molecular weight excluding hydrogens is 519 g/mol. The number of hydrogen-bond donors (Lipinski definition) is 4. The van der Waals surface area contributed by atoms with Crippen LogP contribution in [-0.2, 0) is 0 Å². The molecule has 6 nitrogen and oxygen atoms in total. The Morgan fingerprint density at radius 3 is 1.42 bits per heavy atom. The van der Waals surface area contributed by atoms with Gasteiger partial charge in [0.2, 0.25) is 0 Å². The van der Waals surface area contributed by atoms with Crippen molar-refractivity contribution in [2.24, 2.45) is 0 Å². The van der Waals surface area contributed by atoms with E-state index in [0.717, 1.165) is 73.9 Å². The Morgan fingerprint density at radius 1 is 0.737 bits per heavy atom. The molecule has 0 radical (unpaired) electrons. The number of nitrogens with one attached hydrogen (secondary N) is 2. The molecule has 8 heteroatoms. The smallest absolute Gasteiger partial charge is 0.101 e. The highest BCUT2D eigenvalue weighted by atomic mass is 35.5. The van der Waals surface area contributed by atoms with Crippen molar-refractivity contribution in [3.05, 3.63) is 56.6 Å². The van der Waals surface area contributed by atoms with Crippen LogP contribution in [0.3, 0.4) is 0 Å². The molecule has 0 spiro atoms. The Kier molecular flexibility index (Phi) is 9.96. The Labute approximate surface area is 236 Å². The minimum atomic E-state index is -0.689. The maximum atomic E-state index is 10.4. The summed E-state index contributed by atoms with van der Waals surface area (Å²) in [6.45, 7) is 7.54. The molecule has 4 rings (SSSR count). The lowest BCUT2D eigenvalue weighted by molar-refractivity contribution is 0.0102. The average Bonchev–Trinajstić information content (AvgIpc) is 2.87. The SMILES string of the molecule is Cc1c(N[C@H]2CCCC[C@@]2(C)O)ccc(C#N)c1Cl.Cc1c(N[C@H]2CCCC[C@]2(C)O)ccc(C#N)c1Cl. The number of aliphatic hydroxyl groups is 2. The van der Waals surface area contributed by atoms with E-state index >= 15 is 0 Å². The van der Waals surface area contributed by atoms with Crippen molar-refractivity contribution in [3.63, 3.8) is 0 Å². The second-order valence-electron chi connectivity index (χ2n) is 11.0. The molecule has 0 aromatic heterocycles. The van der Waals surface area contributed by atoms with Gasteiger partial charge in [-0.1, -0.05) is 48.9 Å². The molecule has 204 valence electrons. The maximum absolute atomic E-state index is 10.4. The quantitative estimate of drug-likeness (QED) is 0.315. The standard InChI is InChI=1S/2C15H19ClN2O/c2*1-10-12(7-6-11(9-17)14(10)16)18-13-5-3-4-8-15(13,2)19/h2*6-7,13,18-19H,3-5,8H2,1-2H3/t13-,15+;13-,15-/m00/s1. The van der Waals surface area contributed by atoms with Gasteiger partial charge in [0.1, 0.15) is 12.1 Å². The molecule has 0 aliphatic heterocycles. The molecule has 0 saturated heterocycles. The van der Waals surface area contributed by atoms with Crippen molar-refractivity contribution < 1.29 is 10.2 Å². The fourth-order valence-corrected chi connectivity index (χ4v) is 5.73. The van der Waals surface area contributed by atoms with Gasteiger partial charge >= 0.3 is 0 Å². The van der Waals surface area contributed by atoms with E-state index in [1.807, 2.05) is 39.8 Å². The van der Waals surface area contributed by atoms with Crippen LogP contribution >= 0.6 is 23.2 Å². The predicted molar refractivity (Wildman–Crippen MR) is 155 cm³/mol. The first-order valence-electron chi connectivity index (χ1n) is 13.3. The first-order chi connectivity index (χ1) is 17.9. The lowest BCUT2D eigenvalue weighted by atomic mass is 9.81. The van der Waals surface area contributed by atoms with Crippen molar-refractivity contribution in [1.82, 2.24) is 0 Å². The Morgan fingerprint density at radius 2 is 1.11 bits per heavy atom. The molecule has 2 aromatic carbocycles. The highest BCUT2D eigenvalue weighted by Gasteiger charge is 2.35. The summed E-state index contributed by atoms with van der Waals surface area (Å²) in [4.78, 5) is 0. The first-order valence-corrected chi connectivity index (χ1v) is 14.0. The molecule has 2 saturated carbocycles. The first kappa shape index (κ1) is 30.1. The fourth-order valence-electron chi connectivity index (χ4n) is 5.32. The van der Waals surface area contributed by atoms with Crippen molar-refractivity contribution in [1.29, 1.82) is 10.5 Å². The minimum Gasteiger partial charge on any atom is -0.388 e. The van der Waals surface area contributed by atoms with Gasteiger partial charge in [-0.25, -0.2) is 0 Å². The number of nitriles is 2. The summed E-state index contributed by atoms with van der Waals surface area (Å²) >= 11 is 12.3. The highest BCUT2D eigenvalue weighted by Crippen LogP contribution is 2.35. The Balaban J connectivity index is 0.000000211. The fraction of sp³-hybridized carbons (Fsp3) is 0.533. The van der Waals surface area contributed by atoms with Gasteiger partial charge in [0.15, 0.2) is 0 Å². The van der Waals surface area contributed by atoms with Gasteiger partial charge in [-0.05, 0) is 88.8 Å². The van der Waals surface area contributed by atoms with E-state index in [1.54, 1.807) is 12.1 Å². The van der Waals surface area contributed by atoms with E-state index in [9.17, 15) is 10.2 Å². The average molecular weight is 558 g/mol. The van der Waals surface area contributed by atoms with E-state index in [0.29, 0.717) is 21.2 Å². The predicted octanol–water partition coefficient (Wildman–Crippen LogP) is 7.25. The molecule has 0 unspecified atom stereocenters. The van der Waals surface area contributed by atoms with Crippen molar-refractivity contribution in [2.75, 3.05) is 10.6 Å². The second-order valence-corrected chi connectivity index (χ2v) is 11.8. The largest absolute Gasteiger partial charge is 0.388 e. The third-order valence-corrected chi connectivity index (χ3v) is 9.00. The van der Waals surface area contributed by atoms with Crippen LogP contribution in [0.2, 0.25) is 10.0 Å². The zero-order valence-corrected chi connectivity index (χ0v) is 24.2. The molecule has 2 aromatic rings. The van der Waals surface area contributed by atoms with E-state index < -0.39 is 11.2 Å². The molecule has 4 atom stereocenters. The Bertz CT molecular complexity index is 1130. The van der Waals surface area contributed by atoms with Gasteiger partial charge in [0.05, 0.1) is 44.5 Å². The highest BCUT2D eigenvalue weighted by molar-refractivity contribution is 6.33. The number of halogens is 2. The number of rotatable bonds is 4. The molecule has 2 aliphatic carbocycles. The van der Waals surface area contributed by atoms with Crippen LogP contribution in [0, 0.1) is 36.5 Å². The van der Waals surface area contributed by atoms with Gasteiger partial charge in [-0.2, -0.15) is 10.5 Å². The second kappa shape index (κ2) is 12.6. The molecule has 4 N–H and O–H groups in total. The summed E-state index contributed by atoms with van der Waals surface area (Å²) in [5.74, 6) is 0. The maximum Gasteiger partial charge on any atom is 0.101 e. The monoisotopic (exact) mass is 556 g/mol. The van der Waals surface area contributed by atoms with Crippen molar-refractivity contribution >= 4 is 34.6 Å². The molecule has 38 heavy (non-hydrogen) atoms. The van der Waals surface area contributed by atoms with Crippen LogP contribution in [0.1, 0.15) is 87.5 Å². The van der Waals surface area contributed by atoms with E-state index in [2.05, 4.69) is 22.8 Å². The molecule has 0 heterocycles. The summed E-state index contributed by atoms with van der Waals surface area (Å²) in [6.07, 6.45) is 7.90. The van der Waals surface area contributed by atoms with Crippen molar-refractivity contribution in [3.8, 4) is 12.1 Å². The normalized spacial score (nSPS) is 26.8. The van der Waals surface area contributed by atoms with E-state index in [4.69, 9.17) is 33.7 Å². The third kappa shape index (κ3) is 6.93. The third-order valence-electron chi connectivity index (χ3n) is 8.03. The number of nitrogens with zero attached hydrogens (tertiary/aromatic N) is 2. The molecule has 0 bridgehead atoms. The van der Waals surface area contributed by atoms with Crippen LogP contribution < -0.4 is 10.6 Å². The van der Waals surface area contributed by atoms with Crippen LogP contribution in [0.4, 0.5) is 11.4 Å².